The number of amides is 1. The molecule has 15 heteroatoms. The number of aliphatic hydroxyl groups is 2. The molecule has 12 atom stereocenters. The molecule has 2 N–H and O–H groups in total. The van der Waals surface area contributed by atoms with E-state index in [-0.39, 0.29) is 11.7 Å². The highest BCUT2D eigenvalue weighted by Crippen LogP contribution is 2.70. The van der Waals surface area contributed by atoms with E-state index in [9.17, 15) is 29.4 Å². The van der Waals surface area contributed by atoms with Gasteiger partial charge in [-0.1, -0.05) is 74.9 Å². The van der Waals surface area contributed by atoms with Crippen LogP contribution in [0.2, 0.25) is 0 Å². The molecule has 1 saturated carbocycles. The van der Waals surface area contributed by atoms with Crippen molar-refractivity contribution in [3.8, 4) is 0 Å². The maximum atomic E-state index is 15.7. The first-order chi connectivity index (χ1) is 32.1. The molecular weight excluding hydrogens is 853 g/mol. The van der Waals surface area contributed by atoms with E-state index in [1.165, 1.54) is 26.0 Å². The van der Waals surface area contributed by atoms with Gasteiger partial charge in [0.15, 0.2) is 19.2 Å². The topological polar surface area (TPSA) is 172 Å². The van der Waals surface area contributed by atoms with Crippen molar-refractivity contribution in [2.24, 2.45) is 28.1 Å². The molecule has 4 fully saturated rings. The number of rotatable bonds is 13. The quantitative estimate of drug-likeness (QED) is 0.0557. The largest absolute Gasteiger partial charge is 0.468 e. The lowest BCUT2D eigenvalue weighted by atomic mass is 9.46. The van der Waals surface area contributed by atoms with Crippen LogP contribution in [0, 0.1) is 28.1 Å². The molecule has 3 saturated heterocycles. The Balaban J connectivity index is 1.31. The molecule has 6 aliphatic heterocycles. The Kier molecular flexibility index (Phi) is 12.5. The molecule has 9 rings (SSSR count). The Morgan fingerprint density at radius 2 is 1.73 bits per heavy atom. The third-order valence-electron chi connectivity index (χ3n) is 17.7. The number of allylic oxidation sites excluding steroid dienone is 1. The molecule has 14 nitrogen and oxygen atoms in total. The minimum atomic E-state index is -2.54. The second kappa shape index (κ2) is 17.5. The van der Waals surface area contributed by atoms with Gasteiger partial charge in [-0.05, 0) is 86.3 Å². The zero-order valence-corrected chi connectivity index (χ0v) is 40.3. The van der Waals surface area contributed by atoms with Gasteiger partial charge in [-0.15, -0.1) is 0 Å². The number of hydrogen-bond acceptors (Lipinski definition) is 13. The summed E-state index contributed by atoms with van der Waals surface area (Å²) in [6.07, 6.45) is 12.3. The lowest BCUT2D eigenvalue weighted by Crippen LogP contribution is -2.80. The molecule has 1 amide bonds. The van der Waals surface area contributed by atoms with Crippen molar-refractivity contribution in [1.82, 2.24) is 14.7 Å². The third-order valence-corrected chi connectivity index (χ3v) is 17.7. The van der Waals surface area contributed by atoms with Crippen LogP contribution in [0.1, 0.15) is 108 Å². The minimum absolute atomic E-state index is 0.0887. The monoisotopic (exact) mass is 921 g/mol. The third kappa shape index (κ3) is 6.86. The van der Waals surface area contributed by atoms with Crippen LogP contribution in [0.4, 0.5) is 0 Å². The number of fused-ring (bicyclic) bond motifs is 5. The lowest BCUT2D eigenvalue weighted by molar-refractivity contribution is -0.242. The molecule has 1 aromatic carbocycles. The van der Waals surface area contributed by atoms with E-state index in [1.807, 2.05) is 50.3 Å². The molecule has 2 bridgehead atoms. The van der Waals surface area contributed by atoms with Crippen molar-refractivity contribution in [2.75, 3.05) is 54.1 Å². The fourth-order valence-corrected chi connectivity index (χ4v) is 15.1. The summed E-state index contributed by atoms with van der Waals surface area (Å²) in [7, 11) is 4.62. The summed E-state index contributed by atoms with van der Waals surface area (Å²) >= 11 is 0. The highest BCUT2D eigenvalue weighted by Gasteiger charge is 2.82. The number of hydrogen-bond donors (Lipinski definition) is 2. The minimum Gasteiger partial charge on any atom is -0.468 e. The number of methoxy groups -OCH3 is 3. The molecule has 3 unspecified atom stereocenters. The van der Waals surface area contributed by atoms with Crippen molar-refractivity contribution in [2.45, 2.75) is 127 Å². The molecule has 0 radical (unpaired) electrons. The summed E-state index contributed by atoms with van der Waals surface area (Å²) < 4.78 is 24.1. The first kappa shape index (κ1) is 47.7. The molecule has 1 spiro atoms. The Morgan fingerprint density at radius 3 is 2.40 bits per heavy atom. The van der Waals surface area contributed by atoms with Crippen molar-refractivity contribution < 1.29 is 53.1 Å². The van der Waals surface area contributed by atoms with Crippen molar-refractivity contribution in [3.05, 3.63) is 70.4 Å². The Morgan fingerprint density at radius 1 is 0.955 bits per heavy atom. The zero-order valence-electron chi connectivity index (χ0n) is 40.3. The molecule has 1 aromatic rings. The first-order valence-corrected chi connectivity index (χ1v) is 24.6. The zero-order chi connectivity index (χ0) is 47.8. The molecule has 8 aliphatic rings. The van der Waals surface area contributed by atoms with Gasteiger partial charge in [0.25, 0.3) is 0 Å². The fourth-order valence-electron chi connectivity index (χ4n) is 15.1. The Bertz CT molecular complexity index is 2360. The van der Waals surface area contributed by atoms with Gasteiger partial charge in [-0.3, -0.25) is 29.0 Å². The van der Waals surface area contributed by atoms with Crippen LogP contribution < -0.4 is 5.46 Å². The number of benzene rings is 1. The number of likely N-dealkylation sites (tertiary alicyclic amines) is 1. The second-order valence-electron chi connectivity index (χ2n) is 20.8. The Hall–Kier alpha value is -4.41. The summed E-state index contributed by atoms with van der Waals surface area (Å²) in [6.45, 7) is 10.2. The van der Waals surface area contributed by atoms with E-state index in [4.69, 9.17) is 18.9 Å². The van der Waals surface area contributed by atoms with E-state index in [1.54, 1.807) is 7.11 Å². The van der Waals surface area contributed by atoms with Crippen LogP contribution in [-0.2, 0) is 38.1 Å². The standard InChI is InChI=1S/C52H68BN3O11/c1-8-11-12-14-40(59)33-15-16-38-35(23-33)34-17-21-54-28-32(26-48(62,9-2)29-54)27-51(42(34)53-38,46(60)65-6)37-24-36-39(25-41(37)64-5)56(30-57)44-50(36)19-22-55-20-13-18-49(10-3,43(50)55)45(67-31(4)58)52(44,63)47(61)66-7/h13,15-16,18,23-25,30,32,37,41,43-45,53,62-63H,8-12,14,17,19-22,26-29H2,1-7H3/t32-,37?,41?,43+,44-,45-,48+,49-,50-,51+,52+/m1/s1. The van der Waals surface area contributed by atoms with Crippen LogP contribution in [-0.4, -0.2) is 152 Å². The molecule has 0 aromatic heterocycles. The maximum absolute atomic E-state index is 15.7. The molecular formula is C52H68BN3O11. The number of carbonyl (C=O) groups is 5. The van der Waals surface area contributed by atoms with Gasteiger partial charge in [0.2, 0.25) is 12.0 Å². The van der Waals surface area contributed by atoms with Crippen molar-refractivity contribution in [3.63, 3.8) is 0 Å². The van der Waals surface area contributed by atoms with Crippen LogP contribution >= 0.6 is 0 Å². The summed E-state index contributed by atoms with van der Waals surface area (Å²) in [5.74, 6) is -2.95. The average Bonchev–Trinajstić information content (AvgIpc) is 4.00. The van der Waals surface area contributed by atoms with Crippen molar-refractivity contribution >= 4 is 48.4 Å². The lowest BCUT2D eigenvalue weighted by Gasteiger charge is -2.63. The summed E-state index contributed by atoms with van der Waals surface area (Å²) in [6, 6.07) is 4.24. The molecule has 360 valence electrons. The summed E-state index contributed by atoms with van der Waals surface area (Å²) in [5.41, 5.74) is -1.47. The molecule has 67 heavy (non-hydrogen) atoms. The Labute approximate surface area is 395 Å². The second-order valence-corrected chi connectivity index (χ2v) is 20.8. The number of nitrogens with zero attached hydrogens (tertiary/aromatic N) is 3. The SMILES string of the molecule is CCCCCC(=O)c1ccc2c(c1)C1=C(B2)[C@@](C(=O)OC)(C2C=C3C(=CC2OC)N(C=O)[C@H]2[C@@](O)(C(=O)OC)[C@H](OC(C)=O)[C@]4(CC)C=CCN5CC[C@]32[C@@H]54)C[C@@H]2CN(CC1)C[C@](O)(CC)C2. The number of piperidine rings is 1. The fraction of sp³-hybridized carbons (Fsp3) is 0.635. The van der Waals surface area contributed by atoms with Gasteiger partial charge >= 0.3 is 17.9 Å². The molecule has 2 aliphatic carbocycles. The average molecular weight is 922 g/mol. The number of ketones is 1. The maximum Gasteiger partial charge on any atom is 0.344 e. The van der Waals surface area contributed by atoms with Gasteiger partial charge in [-0.2, -0.15) is 0 Å². The number of esters is 3. The van der Waals surface area contributed by atoms with Gasteiger partial charge in [-0.25, -0.2) is 4.79 Å². The summed E-state index contributed by atoms with van der Waals surface area (Å²) in [5, 5.41) is 25.6. The highest BCUT2D eigenvalue weighted by atomic mass is 16.6. The number of unbranched alkanes of at least 4 members (excludes halogenated alkanes) is 2. The smallest absolute Gasteiger partial charge is 0.344 e. The van der Waals surface area contributed by atoms with Crippen LogP contribution in [0.25, 0.3) is 5.57 Å². The van der Waals surface area contributed by atoms with E-state index >= 15 is 4.79 Å². The van der Waals surface area contributed by atoms with Crippen LogP contribution in [0.5, 0.6) is 0 Å². The number of Topliss-reactive ketones (excluding diaryl/α,β-unsaturated/α-hetero) is 1. The van der Waals surface area contributed by atoms with Crippen molar-refractivity contribution in [1.29, 1.82) is 0 Å². The van der Waals surface area contributed by atoms with E-state index in [2.05, 4.69) is 22.8 Å². The van der Waals surface area contributed by atoms with E-state index in [0.717, 1.165) is 41.3 Å². The molecule has 6 heterocycles. The predicted molar refractivity (Wildman–Crippen MR) is 251 cm³/mol. The predicted octanol–water partition coefficient (Wildman–Crippen LogP) is 3.82. The first-order valence-electron chi connectivity index (χ1n) is 24.6. The van der Waals surface area contributed by atoms with Gasteiger partial charge in [0.05, 0.1) is 37.4 Å². The van der Waals surface area contributed by atoms with Gasteiger partial charge in [0, 0.05) is 80.7 Å². The normalized spacial score (nSPS) is 38.0. The summed E-state index contributed by atoms with van der Waals surface area (Å²) in [4.78, 5) is 76.9. The van der Waals surface area contributed by atoms with Crippen LogP contribution in [0.15, 0.2) is 59.2 Å². The van der Waals surface area contributed by atoms with Gasteiger partial charge < -0.3 is 34.1 Å². The number of carbonyl (C=O) groups excluding carboxylic acids is 5. The highest BCUT2D eigenvalue weighted by molar-refractivity contribution is 6.67. The number of ether oxygens (including phenoxy) is 4. The van der Waals surface area contributed by atoms with Gasteiger partial charge in [0.1, 0.15) is 0 Å². The van der Waals surface area contributed by atoms with Crippen LogP contribution in [0.3, 0.4) is 0 Å². The van der Waals surface area contributed by atoms with E-state index in [0.29, 0.717) is 108 Å². The van der Waals surface area contributed by atoms with E-state index < -0.39 is 75.6 Å².